The van der Waals surface area contributed by atoms with Crippen LogP contribution in [0.25, 0.3) is 11.3 Å². The minimum atomic E-state index is -0.123. The average Bonchev–Trinajstić information content (AvgIpc) is 3.41. The van der Waals surface area contributed by atoms with Gasteiger partial charge in [-0.15, -0.1) is 0 Å². The summed E-state index contributed by atoms with van der Waals surface area (Å²) in [4.78, 5) is 26.4. The van der Waals surface area contributed by atoms with Crippen LogP contribution in [0.2, 0.25) is 0 Å². The summed E-state index contributed by atoms with van der Waals surface area (Å²) in [5.41, 5.74) is 2.81. The molecule has 0 atom stereocenters. The Bertz CT molecular complexity index is 1050. The number of likely N-dealkylation sites (N-methyl/N-ethyl adjacent to an activating group) is 1. The molecule has 1 amide bonds. The lowest BCUT2D eigenvalue weighted by Gasteiger charge is -2.50. The van der Waals surface area contributed by atoms with Gasteiger partial charge in [0.2, 0.25) is 0 Å². The van der Waals surface area contributed by atoms with Crippen LogP contribution < -0.4 is 0 Å². The number of piperidine rings is 1. The Morgan fingerprint density at radius 2 is 1.87 bits per heavy atom. The molecule has 3 aromatic rings. The maximum absolute atomic E-state index is 12.9. The van der Waals surface area contributed by atoms with Gasteiger partial charge in [0.15, 0.2) is 0 Å². The van der Waals surface area contributed by atoms with Crippen LogP contribution in [0.1, 0.15) is 35.9 Å². The van der Waals surface area contributed by atoms with Gasteiger partial charge in [-0.2, -0.15) is 5.10 Å². The van der Waals surface area contributed by atoms with E-state index in [0.29, 0.717) is 5.56 Å². The van der Waals surface area contributed by atoms with Crippen LogP contribution >= 0.6 is 0 Å². The molecular weight excluding hydrogens is 378 g/mol. The standard InChI is InChI=1S/C22H27N7O/c1-3-28-12-13-29-19(18-14-25-26(2)16-18)15-24-21(29)22(28)6-10-27(11-7-22)20(30)17-4-8-23-9-5-17/h4-5,8-9,14-16H,3,6-7,10-13H2,1-2H3. The smallest absolute Gasteiger partial charge is 0.253 e. The summed E-state index contributed by atoms with van der Waals surface area (Å²) in [6.45, 7) is 6.57. The number of hydrogen-bond acceptors (Lipinski definition) is 5. The van der Waals surface area contributed by atoms with Crippen LogP contribution in [0.4, 0.5) is 0 Å². The van der Waals surface area contributed by atoms with Gasteiger partial charge in [-0.1, -0.05) is 6.92 Å². The second-order valence-electron chi connectivity index (χ2n) is 8.16. The summed E-state index contributed by atoms with van der Waals surface area (Å²) in [6, 6.07) is 3.58. The van der Waals surface area contributed by atoms with Gasteiger partial charge in [0.1, 0.15) is 5.82 Å². The lowest BCUT2D eigenvalue weighted by Crippen LogP contribution is -2.58. The largest absolute Gasteiger partial charge is 0.338 e. The number of hydrogen-bond donors (Lipinski definition) is 0. The Hall–Kier alpha value is -3.00. The minimum Gasteiger partial charge on any atom is -0.338 e. The van der Waals surface area contributed by atoms with Gasteiger partial charge in [-0.05, 0) is 31.5 Å². The van der Waals surface area contributed by atoms with Gasteiger partial charge in [0.25, 0.3) is 5.91 Å². The quantitative estimate of drug-likeness (QED) is 0.668. The molecule has 1 fully saturated rings. The van der Waals surface area contributed by atoms with Crippen LogP contribution in [-0.4, -0.2) is 66.2 Å². The fraction of sp³-hybridized carbons (Fsp3) is 0.455. The predicted octanol–water partition coefficient (Wildman–Crippen LogP) is 2.15. The number of nitrogens with zero attached hydrogens (tertiary/aromatic N) is 7. The van der Waals surface area contributed by atoms with E-state index < -0.39 is 0 Å². The molecule has 1 spiro atoms. The highest BCUT2D eigenvalue weighted by Gasteiger charge is 2.47. The summed E-state index contributed by atoms with van der Waals surface area (Å²) in [6.07, 6.45) is 11.1. The molecule has 8 nitrogen and oxygen atoms in total. The molecule has 0 aliphatic carbocycles. The average molecular weight is 406 g/mol. The maximum atomic E-state index is 12.9. The highest BCUT2D eigenvalue weighted by atomic mass is 16.2. The van der Waals surface area contributed by atoms with Crippen molar-refractivity contribution in [1.82, 2.24) is 34.1 Å². The highest BCUT2D eigenvalue weighted by Crippen LogP contribution is 2.42. The Morgan fingerprint density at radius 3 is 2.53 bits per heavy atom. The first-order chi connectivity index (χ1) is 14.6. The van der Waals surface area contributed by atoms with E-state index in [4.69, 9.17) is 4.98 Å². The molecule has 8 heteroatoms. The number of aromatic nitrogens is 5. The number of rotatable bonds is 3. The third-order valence-electron chi connectivity index (χ3n) is 6.66. The van der Waals surface area contributed by atoms with Crippen molar-refractivity contribution in [3.05, 3.63) is 54.5 Å². The topological polar surface area (TPSA) is 72.1 Å². The second kappa shape index (κ2) is 7.36. The molecule has 0 unspecified atom stereocenters. The van der Waals surface area contributed by atoms with Gasteiger partial charge in [-0.3, -0.25) is 19.4 Å². The van der Waals surface area contributed by atoms with E-state index in [-0.39, 0.29) is 11.4 Å². The van der Waals surface area contributed by atoms with Gasteiger partial charge in [0.05, 0.1) is 23.6 Å². The van der Waals surface area contributed by atoms with Crippen LogP contribution in [0, 0.1) is 0 Å². The van der Waals surface area contributed by atoms with E-state index in [1.807, 2.05) is 35.2 Å². The Labute approximate surface area is 176 Å². The third kappa shape index (κ3) is 2.94. The van der Waals surface area contributed by atoms with E-state index in [0.717, 1.165) is 62.6 Å². The molecule has 156 valence electrons. The van der Waals surface area contributed by atoms with Gasteiger partial charge >= 0.3 is 0 Å². The summed E-state index contributed by atoms with van der Waals surface area (Å²) in [5, 5.41) is 4.33. The van der Waals surface area contributed by atoms with Crippen molar-refractivity contribution in [3.8, 4) is 11.3 Å². The summed E-state index contributed by atoms with van der Waals surface area (Å²) in [5.74, 6) is 1.22. The Kier molecular flexibility index (Phi) is 4.66. The number of pyridine rings is 1. The number of carbonyl (C=O) groups excluding carboxylic acids is 1. The zero-order valence-electron chi connectivity index (χ0n) is 17.5. The van der Waals surface area contributed by atoms with Crippen molar-refractivity contribution in [3.63, 3.8) is 0 Å². The number of carbonyl (C=O) groups is 1. The molecule has 0 aromatic carbocycles. The number of fused-ring (bicyclic) bond motifs is 2. The monoisotopic (exact) mass is 405 g/mol. The maximum Gasteiger partial charge on any atom is 0.253 e. The lowest BCUT2D eigenvalue weighted by molar-refractivity contribution is -0.00313. The van der Waals surface area contributed by atoms with Crippen molar-refractivity contribution in [2.24, 2.45) is 7.05 Å². The van der Waals surface area contributed by atoms with Crippen LogP contribution in [-0.2, 0) is 19.1 Å². The van der Waals surface area contributed by atoms with Crippen LogP contribution in [0.15, 0.2) is 43.1 Å². The first-order valence-electron chi connectivity index (χ1n) is 10.6. The molecule has 0 saturated carbocycles. The summed E-state index contributed by atoms with van der Waals surface area (Å²) < 4.78 is 4.19. The summed E-state index contributed by atoms with van der Waals surface area (Å²) in [7, 11) is 1.94. The summed E-state index contributed by atoms with van der Waals surface area (Å²) >= 11 is 0. The zero-order valence-corrected chi connectivity index (χ0v) is 17.5. The first-order valence-corrected chi connectivity index (χ1v) is 10.6. The highest BCUT2D eigenvalue weighted by molar-refractivity contribution is 5.94. The van der Waals surface area contributed by atoms with Crippen molar-refractivity contribution < 1.29 is 4.79 Å². The van der Waals surface area contributed by atoms with Gasteiger partial charge < -0.3 is 9.47 Å². The molecule has 0 radical (unpaired) electrons. The molecule has 5 rings (SSSR count). The first kappa shape index (κ1) is 19.0. The van der Waals surface area contributed by atoms with E-state index in [9.17, 15) is 4.79 Å². The number of amides is 1. The van der Waals surface area contributed by atoms with Gasteiger partial charge in [0, 0.05) is 62.9 Å². The van der Waals surface area contributed by atoms with Crippen molar-refractivity contribution in [2.45, 2.75) is 31.8 Å². The van der Waals surface area contributed by atoms with E-state index >= 15 is 0 Å². The molecule has 3 aromatic heterocycles. The Balaban J connectivity index is 1.44. The fourth-order valence-electron chi connectivity index (χ4n) is 5.09. The van der Waals surface area contributed by atoms with E-state index in [1.54, 1.807) is 24.5 Å². The molecule has 30 heavy (non-hydrogen) atoms. The third-order valence-corrected chi connectivity index (χ3v) is 6.66. The molecule has 1 saturated heterocycles. The number of imidazole rings is 1. The van der Waals surface area contributed by atoms with Crippen LogP contribution in [0.5, 0.6) is 0 Å². The molecule has 0 bridgehead atoms. The lowest BCUT2D eigenvalue weighted by atomic mass is 9.83. The van der Waals surface area contributed by atoms with Crippen LogP contribution in [0.3, 0.4) is 0 Å². The molecular formula is C22H27N7O. The minimum absolute atomic E-state index is 0.0884. The van der Waals surface area contributed by atoms with E-state index in [2.05, 4.69) is 26.5 Å². The van der Waals surface area contributed by atoms with Gasteiger partial charge in [-0.25, -0.2) is 4.98 Å². The number of likely N-dealkylation sites (tertiary alicyclic amines) is 1. The zero-order chi connectivity index (χ0) is 20.7. The van der Waals surface area contributed by atoms with Crippen molar-refractivity contribution in [2.75, 3.05) is 26.2 Å². The van der Waals surface area contributed by atoms with E-state index in [1.165, 1.54) is 0 Å². The normalized spacial score (nSPS) is 18.5. The Morgan fingerprint density at radius 1 is 1.10 bits per heavy atom. The predicted molar refractivity (Wildman–Crippen MR) is 113 cm³/mol. The number of aryl methyl sites for hydroxylation is 1. The second-order valence-corrected chi connectivity index (χ2v) is 8.16. The fourth-order valence-corrected chi connectivity index (χ4v) is 5.09. The molecule has 2 aliphatic heterocycles. The molecule has 5 heterocycles. The van der Waals surface area contributed by atoms with Crippen molar-refractivity contribution >= 4 is 5.91 Å². The van der Waals surface area contributed by atoms with Crippen molar-refractivity contribution in [1.29, 1.82) is 0 Å². The SMILES string of the molecule is CCN1CCn2c(-c3cnn(C)c3)cnc2C12CCN(C(=O)c1ccncc1)CC2. The molecule has 2 aliphatic rings. The molecule has 0 N–H and O–H groups in total.